The molecule has 6 heteroatoms. The van der Waals surface area contributed by atoms with Crippen LogP contribution in [0.4, 0.5) is 5.69 Å². The lowest BCUT2D eigenvalue weighted by Crippen LogP contribution is -2.18. The topological polar surface area (TPSA) is 70.6 Å². The van der Waals surface area contributed by atoms with Crippen molar-refractivity contribution in [3.05, 3.63) is 87.6 Å². The highest BCUT2D eigenvalue weighted by molar-refractivity contribution is 7.11. The Kier molecular flexibility index (Phi) is 5.56. The third-order valence-electron chi connectivity index (χ3n) is 3.70. The molecule has 0 aliphatic heterocycles. The average molecular weight is 363 g/mol. The van der Waals surface area contributed by atoms with Crippen LogP contribution in [0, 0.1) is 6.92 Å². The highest BCUT2D eigenvalue weighted by atomic mass is 32.1. The van der Waals surface area contributed by atoms with Gasteiger partial charge >= 0.3 is 0 Å². The van der Waals surface area contributed by atoms with E-state index in [1.807, 2.05) is 42.6 Å². The summed E-state index contributed by atoms with van der Waals surface area (Å²) < 4.78 is 0. The first-order valence-corrected chi connectivity index (χ1v) is 8.85. The van der Waals surface area contributed by atoms with Crippen LogP contribution in [0.15, 0.2) is 71.1 Å². The number of hydrogen-bond donors (Lipinski definition) is 2. The van der Waals surface area contributed by atoms with Crippen molar-refractivity contribution in [3.63, 3.8) is 0 Å². The number of carbonyl (C=O) groups is 2. The number of hydrazone groups is 1. The number of amides is 2. The van der Waals surface area contributed by atoms with E-state index >= 15 is 0 Å². The summed E-state index contributed by atoms with van der Waals surface area (Å²) in [4.78, 5) is 25.3. The Morgan fingerprint density at radius 3 is 2.42 bits per heavy atom. The van der Waals surface area contributed by atoms with E-state index in [0.29, 0.717) is 16.8 Å². The second kappa shape index (κ2) is 8.22. The van der Waals surface area contributed by atoms with Gasteiger partial charge in [0.2, 0.25) is 0 Å². The fraction of sp³-hybridized carbons (Fsp3) is 0.0500. The van der Waals surface area contributed by atoms with Gasteiger partial charge in [0.05, 0.1) is 6.21 Å². The van der Waals surface area contributed by atoms with Crippen LogP contribution >= 0.6 is 11.3 Å². The molecule has 5 nitrogen and oxygen atoms in total. The Morgan fingerprint density at radius 1 is 0.962 bits per heavy atom. The lowest BCUT2D eigenvalue weighted by Gasteiger charge is -2.08. The summed E-state index contributed by atoms with van der Waals surface area (Å²) in [5.41, 5.74) is 5.09. The minimum Gasteiger partial charge on any atom is -0.322 e. The summed E-state index contributed by atoms with van der Waals surface area (Å²) in [6.07, 6.45) is 1.60. The van der Waals surface area contributed by atoms with Crippen molar-refractivity contribution in [2.75, 3.05) is 5.32 Å². The average Bonchev–Trinajstić information content (AvgIpc) is 3.16. The molecule has 0 saturated carbocycles. The molecular weight excluding hydrogens is 346 g/mol. The van der Waals surface area contributed by atoms with Crippen LogP contribution in [-0.2, 0) is 0 Å². The standard InChI is InChI=1S/C20H17N3O2S/c1-14-5-2-3-7-18(14)20(25)22-16-10-8-15(9-11-16)19(24)23-21-13-17-6-4-12-26-17/h2-13H,1H3,(H,22,25)(H,23,24). The number of hydrogen-bond acceptors (Lipinski definition) is 4. The van der Waals surface area contributed by atoms with Crippen LogP contribution in [0.25, 0.3) is 0 Å². The molecule has 2 N–H and O–H groups in total. The lowest BCUT2D eigenvalue weighted by atomic mass is 10.1. The van der Waals surface area contributed by atoms with E-state index in [4.69, 9.17) is 0 Å². The van der Waals surface area contributed by atoms with Gasteiger partial charge in [-0.1, -0.05) is 24.3 Å². The zero-order chi connectivity index (χ0) is 18.4. The first-order chi connectivity index (χ1) is 12.6. The van der Waals surface area contributed by atoms with Crippen LogP contribution in [0.3, 0.4) is 0 Å². The monoisotopic (exact) mass is 363 g/mol. The first kappa shape index (κ1) is 17.6. The minimum atomic E-state index is -0.311. The number of carbonyl (C=O) groups excluding carboxylic acids is 2. The summed E-state index contributed by atoms with van der Waals surface area (Å²) in [5.74, 6) is -0.490. The summed E-state index contributed by atoms with van der Waals surface area (Å²) in [6, 6.07) is 17.9. The van der Waals surface area contributed by atoms with Crippen molar-refractivity contribution in [1.82, 2.24) is 5.43 Å². The van der Waals surface area contributed by atoms with Crippen molar-refractivity contribution in [3.8, 4) is 0 Å². The molecule has 2 aromatic carbocycles. The molecule has 0 aliphatic rings. The maximum Gasteiger partial charge on any atom is 0.271 e. The number of anilines is 1. The van der Waals surface area contributed by atoms with Crippen LogP contribution in [-0.4, -0.2) is 18.0 Å². The normalized spacial score (nSPS) is 10.7. The zero-order valence-corrected chi connectivity index (χ0v) is 14.9. The Balaban J connectivity index is 1.60. The van der Waals surface area contributed by atoms with Gasteiger partial charge in [0.1, 0.15) is 0 Å². The molecule has 1 heterocycles. The molecule has 3 aromatic rings. The van der Waals surface area contributed by atoms with E-state index < -0.39 is 0 Å². The summed E-state index contributed by atoms with van der Waals surface area (Å²) in [5, 5.41) is 8.69. The molecule has 2 amide bonds. The number of rotatable bonds is 5. The van der Waals surface area contributed by atoms with E-state index in [-0.39, 0.29) is 11.8 Å². The first-order valence-electron chi connectivity index (χ1n) is 7.97. The lowest BCUT2D eigenvalue weighted by molar-refractivity contribution is 0.0954. The quantitative estimate of drug-likeness (QED) is 0.530. The smallest absolute Gasteiger partial charge is 0.271 e. The van der Waals surface area contributed by atoms with Crippen molar-refractivity contribution in [1.29, 1.82) is 0 Å². The van der Waals surface area contributed by atoms with Gasteiger partial charge in [0.15, 0.2) is 0 Å². The van der Waals surface area contributed by atoms with Crippen molar-refractivity contribution >= 4 is 35.1 Å². The van der Waals surface area contributed by atoms with E-state index in [9.17, 15) is 9.59 Å². The molecule has 0 atom stereocenters. The van der Waals surface area contributed by atoms with Gasteiger partial charge in [-0.3, -0.25) is 9.59 Å². The molecule has 0 fully saturated rings. The third-order valence-corrected chi connectivity index (χ3v) is 4.50. The highest BCUT2D eigenvalue weighted by Gasteiger charge is 2.09. The number of thiophene rings is 1. The summed E-state index contributed by atoms with van der Waals surface area (Å²) in [6.45, 7) is 1.89. The Labute approximate surface area is 155 Å². The zero-order valence-electron chi connectivity index (χ0n) is 14.1. The molecule has 26 heavy (non-hydrogen) atoms. The molecule has 0 unspecified atom stereocenters. The van der Waals surface area contributed by atoms with Crippen molar-refractivity contribution in [2.24, 2.45) is 5.10 Å². The fourth-order valence-corrected chi connectivity index (χ4v) is 2.90. The molecule has 130 valence electrons. The maximum absolute atomic E-state index is 12.3. The Hall–Kier alpha value is -3.25. The van der Waals surface area contributed by atoms with Gasteiger partial charge in [0, 0.05) is 21.7 Å². The molecule has 0 radical (unpaired) electrons. The molecule has 1 aromatic heterocycles. The molecule has 3 rings (SSSR count). The van der Waals surface area contributed by atoms with Gasteiger partial charge in [0.25, 0.3) is 11.8 Å². The van der Waals surface area contributed by atoms with Gasteiger partial charge in [-0.15, -0.1) is 11.3 Å². The van der Waals surface area contributed by atoms with Crippen LogP contribution < -0.4 is 10.7 Å². The Morgan fingerprint density at radius 2 is 1.73 bits per heavy atom. The van der Waals surface area contributed by atoms with E-state index in [2.05, 4.69) is 15.8 Å². The number of aryl methyl sites for hydroxylation is 1. The van der Waals surface area contributed by atoms with Crippen molar-refractivity contribution in [2.45, 2.75) is 6.92 Å². The van der Waals surface area contributed by atoms with E-state index in [1.165, 1.54) is 11.3 Å². The second-order valence-corrected chi connectivity index (χ2v) is 6.54. The van der Waals surface area contributed by atoms with Gasteiger partial charge in [-0.25, -0.2) is 5.43 Å². The molecule has 0 spiro atoms. The highest BCUT2D eigenvalue weighted by Crippen LogP contribution is 2.13. The minimum absolute atomic E-state index is 0.180. The van der Waals surface area contributed by atoms with Crippen LogP contribution in [0.2, 0.25) is 0 Å². The Bertz CT molecular complexity index is 932. The predicted octanol–water partition coefficient (Wildman–Crippen LogP) is 4.07. The fourth-order valence-electron chi connectivity index (χ4n) is 2.31. The second-order valence-electron chi connectivity index (χ2n) is 5.56. The largest absolute Gasteiger partial charge is 0.322 e. The number of nitrogens with one attached hydrogen (secondary N) is 2. The SMILES string of the molecule is Cc1ccccc1C(=O)Nc1ccc(C(=O)NN=Cc2cccs2)cc1. The summed E-state index contributed by atoms with van der Waals surface area (Å²) in [7, 11) is 0. The van der Waals surface area contributed by atoms with Crippen LogP contribution in [0.1, 0.15) is 31.2 Å². The number of benzene rings is 2. The molecule has 0 aliphatic carbocycles. The molecular formula is C20H17N3O2S. The van der Waals surface area contributed by atoms with Gasteiger partial charge in [-0.05, 0) is 54.3 Å². The maximum atomic E-state index is 12.3. The van der Waals surface area contributed by atoms with Crippen LogP contribution in [0.5, 0.6) is 0 Å². The van der Waals surface area contributed by atoms with Gasteiger partial charge < -0.3 is 5.32 Å². The molecule has 0 bridgehead atoms. The number of nitrogens with zero attached hydrogens (tertiary/aromatic N) is 1. The van der Waals surface area contributed by atoms with E-state index in [0.717, 1.165) is 10.4 Å². The predicted molar refractivity (Wildman–Crippen MR) is 105 cm³/mol. The van der Waals surface area contributed by atoms with Gasteiger partial charge in [-0.2, -0.15) is 5.10 Å². The third kappa shape index (κ3) is 4.43. The molecule has 0 saturated heterocycles. The van der Waals surface area contributed by atoms with E-state index in [1.54, 1.807) is 36.5 Å². The van der Waals surface area contributed by atoms with Crippen molar-refractivity contribution < 1.29 is 9.59 Å². The summed E-state index contributed by atoms with van der Waals surface area (Å²) >= 11 is 1.54.